The number of carboxylic acid groups (broad SMARTS) is 1. The molecule has 0 unspecified atom stereocenters. The van der Waals surface area contributed by atoms with Crippen LogP contribution in [0.2, 0.25) is 0 Å². The van der Waals surface area contributed by atoms with E-state index in [2.05, 4.69) is 23.8 Å². The summed E-state index contributed by atoms with van der Waals surface area (Å²) >= 11 is 0. The Morgan fingerprint density at radius 1 is 1.59 bits per heavy atom. The Bertz CT molecular complexity index is 360. The van der Waals surface area contributed by atoms with Crippen molar-refractivity contribution >= 4 is 5.97 Å². The van der Waals surface area contributed by atoms with Gasteiger partial charge in [0.2, 0.25) is 0 Å². The van der Waals surface area contributed by atoms with Crippen LogP contribution < -0.4 is 0 Å². The number of carboxylic acids is 1. The summed E-state index contributed by atoms with van der Waals surface area (Å²) in [6.07, 6.45) is 2.88. The van der Waals surface area contributed by atoms with Crippen molar-refractivity contribution in [1.29, 1.82) is 0 Å². The van der Waals surface area contributed by atoms with E-state index in [1.54, 1.807) is 0 Å². The fourth-order valence-electron chi connectivity index (χ4n) is 1.61. The van der Waals surface area contributed by atoms with Gasteiger partial charge in [-0.2, -0.15) is 5.10 Å². The maximum Gasteiger partial charge on any atom is 0.303 e. The molecule has 0 aliphatic rings. The number of rotatable bonds is 7. The zero-order valence-corrected chi connectivity index (χ0v) is 10.8. The van der Waals surface area contributed by atoms with Gasteiger partial charge in [0.25, 0.3) is 0 Å². The van der Waals surface area contributed by atoms with Gasteiger partial charge < -0.3 is 10.0 Å². The Kier molecular flexibility index (Phi) is 5.15. The maximum atomic E-state index is 10.4. The fourth-order valence-corrected chi connectivity index (χ4v) is 1.61. The Labute approximate surface area is 102 Å². The molecule has 0 saturated heterocycles. The van der Waals surface area contributed by atoms with Crippen molar-refractivity contribution in [1.82, 2.24) is 14.7 Å². The first-order valence-electron chi connectivity index (χ1n) is 5.93. The van der Waals surface area contributed by atoms with Crippen LogP contribution in [-0.4, -0.2) is 39.3 Å². The van der Waals surface area contributed by atoms with Gasteiger partial charge >= 0.3 is 5.97 Å². The highest BCUT2D eigenvalue weighted by Gasteiger charge is 2.06. The SMILES string of the molecule is CC(C)n1ccc(CN(C)CCCC(=O)O)n1. The van der Waals surface area contributed by atoms with E-state index in [0.717, 1.165) is 18.8 Å². The molecule has 0 saturated carbocycles. The van der Waals surface area contributed by atoms with Crippen LogP contribution in [0, 0.1) is 0 Å². The molecule has 1 aromatic rings. The zero-order valence-electron chi connectivity index (χ0n) is 10.8. The first-order valence-corrected chi connectivity index (χ1v) is 5.93. The molecule has 0 bridgehead atoms. The molecule has 0 atom stereocenters. The molecule has 0 aliphatic carbocycles. The molecule has 17 heavy (non-hydrogen) atoms. The standard InChI is InChI=1S/C12H21N3O2/c1-10(2)15-8-6-11(13-15)9-14(3)7-4-5-12(16)17/h6,8,10H,4-5,7,9H2,1-3H3,(H,16,17). The third kappa shape index (κ3) is 4.99. The summed E-state index contributed by atoms with van der Waals surface area (Å²) in [5.74, 6) is -0.734. The first-order chi connectivity index (χ1) is 7.99. The van der Waals surface area contributed by atoms with Gasteiger partial charge in [-0.3, -0.25) is 9.48 Å². The summed E-state index contributed by atoms with van der Waals surface area (Å²) < 4.78 is 1.93. The molecular formula is C12H21N3O2. The zero-order chi connectivity index (χ0) is 12.8. The van der Waals surface area contributed by atoms with E-state index in [4.69, 9.17) is 5.11 Å². The van der Waals surface area contributed by atoms with E-state index in [-0.39, 0.29) is 6.42 Å². The van der Waals surface area contributed by atoms with Gasteiger partial charge in [-0.05, 0) is 39.9 Å². The lowest BCUT2D eigenvalue weighted by Gasteiger charge is -2.14. The highest BCUT2D eigenvalue weighted by molar-refractivity contribution is 5.66. The first kappa shape index (κ1) is 13.7. The number of hydrogen-bond donors (Lipinski definition) is 1. The predicted molar refractivity (Wildman–Crippen MR) is 65.8 cm³/mol. The second-order valence-corrected chi connectivity index (χ2v) is 4.62. The van der Waals surface area contributed by atoms with Crippen molar-refractivity contribution in [3.8, 4) is 0 Å². The van der Waals surface area contributed by atoms with E-state index in [0.29, 0.717) is 12.5 Å². The van der Waals surface area contributed by atoms with E-state index in [1.165, 1.54) is 0 Å². The smallest absolute Gasteiger partial charge is 0.303 e. The average molecular weight is 239 g/mol. The lowest BCUT2D eigenvalue weighted by Crippen LogP contribution is -2.20. The quantitative estimate of drug-likeness (QED) is 0.787. The van der Waals surface area contributed by atoms with Crippen LogP contribution in [0.15, 0.2) is 12.3 Å². The van der Waals surface area contributed by atoms with Crippen LogP contribution in [0.5, 0.6) is 0 Å². The van der Waals surface area contributed by atoms with Crippen LogP contribution >= 0.6 is 0 Å². The van der Waals surface area contributed by atoms with Crippen LogP contribution in [0.25, 0.3) is 0 Å². The van der Waals surface area contributed by atoms with Gasteiger partial charge in [0.1, 0.15) is 0 Å². The highest BCUT2D eigenvalue weighted by Crippen LogP contribution is 2.06. The van der Waals surface area contributed by atoms with E-state index >= 15 is 0 Å². The minimum atomic E-state index is -0.734. The molecule has 96 valence electrons. The Morgan fingerprint density at radius 2 is 2.29 bits per heavy atom. The molecule has 5 nitrogen and oxygen atoms in total. The second-order valence-electron chi connectivity index (χ2n) is 4.62. The molecule has 0 radical (unpaired) electrons. The van der Waals surface area contributed by atoms with Crippen molar-refractivity contribution in [2.75, 3.05) is 13.6 Å². The largest absolute Gasteiger partial charge is 0.481 e. The number of hydrogen-bond acceptors (Lipinski definition) is 3. The van der Waals surface area contributed by atoms with Gasteiger partial charge in [0, 0.05) is 25.2 Å². The minimum Gasteiger partial charge on any atom is -0.481 e. The lowest BCUT2D eigenvalue weighted by molar-refractivity contribution is -0.137. The van der Waals surface area contributed by atoms with Crippen molar-refractivity contribution < 1.29 is 9.90 Å². The van der Waals surface area contributed by atoms with Crippen LogP contribution in [0.3, 0.4) is 0 Å². The van der Waals surface area contributed by atoms with Crippen molar-refractivity contribution in [3.63, 3.8) is 0 Å². The second kappa shape index (κ2) is 6.39. The topological polar surface area (TPSA) is 58.4 Å². The molecule has 0 amide bonds. The average Bonchev–Trinajstić information content (AvgIpc) is 2.65. The summed E-state index contributed by atoms with van der Waals surface area (Å²) in [5.41, 5.74) is 1.02. The fraction of sp³-hybridized carbons (Fsp3) is 0.667. The number of aliphatic carboxylic acids is 1. The van der Waals surface area contributed by atoms with Gasteiger partial charge in [-0.1, -0.05) is 0 Å². The molecule has 0 aromatic carbocycles. The van der Waals surface area contributed by atoms with Crippen LogP contribution in [0.4, 0.5) is 0 Å². The highest BCUT2D eigenvalue weighted by atomic mass is 16.4. The Hall–Kier alpha value is -1.36. The van der Waals surface area contributed by atoms with E-state index in [9.17, 15) is 4.79 Å². The van der Waals surface area contributed by atoms with Crippen LogP contribution in [-0.2, 0) is 11.3 Å². The van der Waals surface area contributed by atoms with Crippen molar-refractivity contribution in [2.24, 2.45) is 0 Å². The van der Waals surface area contributed by atoms with Gasteiger partial charge in [-0.15, -0.1) is 0 Å². The van der Waals surface area contributed by atoms with Gasteiger partial charge in [0.15, 0.2) is 0 Å². The third-order valence-electron chi connectivity index (χ3n) is 2.56. The molecule has 0 fully saturated rings. The molecule has 0 aliphatic heterocycles. The summed E-state index contributed by atoms with van der Waals surface area (Å²) in [5, 5.41) is 13.0. The van der Waals surface area contributed by atoms with Gasteiger partial charge in [-0.25, -0.2) is 0 Å². The van der Waals surface area contributed by atoms with Gasteiger partial charge in [0.05, 0.1) is 5.69 Å². The van der Waals surface area contributed by atoms with E-state index in [1.807, 2.05) is 24.0 Å². The normalized spacial score (nSPS) is 11.4. The summed E-state index contributed by atoms with van der Waals surface area (Å²) in [4.78, 5) is 12.5. The molecular weight excluding hydrogens is 218 g/mol. The molecule has 1 N–H and O–H groups in total. The monoisotopic (exact) mass is 239 g/mol. The molecule has 0 spiro atoms. The minimum absolute atomic E-state index is 0.227. The molecule has 1 heterocycles. The number of carbonyl (C=O) groups is 1. The molecule has 1 rings (SSSR count). The Morgan fingerprint density at radius 3 is 2.82 bits per heavy atom. The number of nitrogens with zero attached hydrogens (tertiary/aromatic N) is 3. The third-order valence-corrected chi connectivity index (χ3v) is 2.56. The summed E-state index contributed by atoms with van der Waals surface area (Å²) in [7, 11) is 1.98. The predicted octanol–water partition coefficient (Wildman–Crippen LogP) is 1.76. The summed E-state index contributed by atoms with van der Waals surface area (Å²) in [6.45, 7) is 5.72. The van der Waals surface area contributed by atoms with E-state index < -0.39 is 5.97 Å². The van der Waals surface area contributed by atoms with Crippen molar-refractivity contribution in [3.05, 3.63) is 18.0 Å². The van der Waals surface area contributed by atoms with Crippen LogP contribution in [0.1, 0.15) is 38.4 Å². The summed E-state index contributed by atoms with van der Waals surface area (Å²) in [6, 6.07) is 2.38. The maximum absolute atomic E-state index is 10.4. The lowest BCUT2D eigenvalue weighted by atomic mass is 10.3. The molecule has 1 aromatic heterocycles. The Balaban J connectivity index is 2.34. The number of aromatic nitrogens is 2. The molecule has 5 heteroatoms. The van der Waals surface area contributed by atoms with Crippen molar-refractivity contribution in [2.45, 2.75) is 39.3 Å².